The number of carbonyl (C=O) groups is 1. The van der Waals surface area contributed by atoms with Gasteiger partial charge in [-0.25, -0.2) is 13.2 Å². The standard InChI is InChI=1S/C9H8F3NO2/c1-15-4-7(14)13-6-3-2-5(10)8(11)9(6)12/h2-3H,4H2,1H3,(H,13,14). The lowest BCUT2D eigenvalue weighted by molar-refractivity contribution is -0.119. The number of anilines is 1. The lowest BCUT2D eigenvalue weighted by Gasteiger charge is -2.06. The van der Waals surface area contributed by atoms with Crippen molar-refractivity contribution < 1.29 is 22.7 Å². The summed E-state index contributed by atoms with van der Waals surface area (Å²) in [5, 5.41) is 2.03. The minimum Gasteiger partial charge on any atom is -0.375 e. The molecule has 1 aromatic carbocycles. The molecule has 0 saturated heterocycles. The van der Waals surface area contributed by atoms with Crippen LogP contribution in [-0.2, 0) is 9.53 Å². The summed E-state index contributed by atoms with van der Waals surface area (Å²) in [5.74, 6) is -5.01. The second-order valence-corrected chi connectivity index (χ2v) is 2.70. The van der Waals surface area contributed by atoms with Crippen LogP contribution in [0.3, 0.4) is 0 Å². The van der Waals surface area contributed by atoms with Crippen LogP contribution in [0.2, 0.25) is 0 Å². The Morgan fingerprint density at radius 2 is 2.00 bits per heavy atom. The van der Waals surface area contributed by atoms with Crippen LogP contribution in [0.15, 0.2) is 12.1 Å². The number of hydrogen-bond donors (Lipinski definition) is 1. The zero-order valence-electron chi connectivity index (χ0n) is 7.81. The van der Waals surface area contributed by atoms with Crippen molar-refractivity contribution in [3.8, 4) is 0 Å². The van der Waals surface area contributed by atoms with Crippen LogP contribution >= 0.6 is 0 Å². The average Bonchev–Trinajstić information content (AvgIpc) is 2.20. The molecule has 0 aromatic heterocycles. The van der Waals surface area contributed by atoms with Crippen LogP contribution in [0.4, 0.5) is 18.9 Å². The van der Waals surface area contributed by atoms with Crippen LogP contribution in [-0.4, -0.2) is 19.6 Å². The first kappa shape index (κ1) is 11.5. The molecule has 0 spiro atoms. The summed E-state index contributed by atoms with van der Waals surface area (Å²) in [6, 6.07) is 1.65. The van der Waals surface area contributed by atoms with Gasteiger partial charge in [0.25, 0.3) is 0 Å². The highest BCUT2D eigenvalue weighted by atomic mass is 19.2. The molecule has 1 aromatic rings. The smallest absolute Gasteiger partial charge is 0.250 e. The quantitative estimate of drug-likeness (QED) is 0.785. The first-order chi connectivity index (χ1) is 7.06. The van der Waals surface area contributed by atoms with E-state index in [0.29, 0.717) is 0 Å². The normalized spacial score (nSPS) is 10.1. The van der Waals surface area contributed by atoms with E-state index in [-0.39, 0.29) is 6.61 Å². The van der Waals surface area contributed by atoms with Gasteiger partial charge < -0.3 is 10.1 Å². The van der Waals surface area contributed by atoms with Gasteiger partial charge in [0.15, 0.2) is 17.5 Å². The molecule has 0 heterocycles. The van der Waals surface area contributed by atoms with Crippen molar-refractivity contribution in [1.29, 1.82) is 0 Å². The van der Waals surface area contributed by atoms with Crippen LogP contribution in [0.5, 0.6) is 0 Å². The first-order valence-electron chi connectivity index (χ1n) is 3.98. The molecule has 0 atom stereocenters. The Hall–Kier alpha value is -1.56. The summed E-state index contributed by atoms with van der Waals surface area (Å²) >= 11 is 0. The third kappa shape index (κ3) is 2.69. The Labute approximate surface area is 83.8 Å². The first-order valence-corrected chi connectivity index (χ1v) is 3.98. The number of rotatable bonds is 3. The monoisotopic (exact) mass is 219 g/mol. The van der Waals surface area contributed by atoms with Crippen molar-refractivity contribution in [3.05, 3.63) is 29.6 Å². The van der Waals surface area contributed by atoms with E-state index in [1.165, 1.54) is 7.11 Å². The fourth-order valence-electron chi connectivity index (χ4n) is 0.940. The molecular weight excluding hydrogens is 211 g/mol. The molecule has 82 valence electrons. The third-order valence-electron chi connectivity index (χ3n) is 1.58. The van der Waals surface area contributed by atoms with E-state index in [2.05, 4.69) is 4.74 Å². The number of methoxy groups -OCH3 is 1. The second kappa shape index (κ2) is 4.79. The lowest BCUT2D eigenvalue weighted by atomic mass is 10.3. The van der Waals surface area contributed by atoms with Crippen LogP contribution in [0, 0.1) is 17.5 Å². The van der Waals surface area contributed by atoms with E-state index in [1.807, 2.05) is 5.32 Å². The molecule has 1 N–H and O–H groups in total. The number of carbonyl (C=O) groups excluding carboxylic acids is 1. The minimum absolute atomic E-state index is 0.293. The Morgan fingerprint density at radius 1 is 1.33 bits per heavy atom. The molecule has 0 unspecified atom stereocenters. The van der Waals surface area contributed by atoms with Gasteiger partial charge in [-0.15, -0.1) is 0 Å². The predicted octanol–water partition coefficient (Wildman–Crippen LogP) is 1.69. The lowest BCUT2D eigenvalue weighted by Crippen LogP contribution is -2.18. The highest BCUT2D eigenvalue weighted by Crippen LogP contribution is 2.19. The zero-order chi connectivity index (χ0) is 11.4. The number of benzene rings is 1. The van der Waals surface area contributed by atoms with Gasteiger partial charge in [-0.05, 0) is 12.1 Å². The van der Waals surface area contributed by atoms with Crippen molar-refractivity contribution in [3.63, 3.8) is 0 Å². The molecule has 1 amide bonds. The molecule has 0 aliphatic rings. The number of ether oxygens (including phenoxy) is 1. The molecular formula is C9H8F3NO2. The molecule has 0 bridgehead atoms. The maximum absolute atomic E-state index is 13.0. The van der Waals surface area contributed by atoms with Gasteiger partial charge in [0.05, 0.1) is 5.69 Å². The minimum atomic E-state index is -1.62. The predicted molar refractivity (Wildman–Crippen MR) is 46.8 cm³/mol. The molecule has 0 fully saturated rings. The second-order valence-electron chi connectivity index (χ2n) is 2.70. The molecule has 1 rings (SSSR count). The largest absolute Gasteiger partial charge is 0.375 e. The zero-order valence-corrected chi connectivity index (χ0v) is 7.81. The number of hydrogen-bond acceptors (Lipinski definition) is 2. The van der Waals surface area contributed by atoms with Gasteiger partial charge in [-0.3, -0.25) is 4.79 Å². The van der Waals surface area contributed by atoms with E-state index in [4.69, 9.17) is 0 Å². The van der Waals surface area contributed by atoms with E-state index < -0.39 is 29.0 Å². The van der Waals surface area contributed by atoms with Gasteiger partial charge in [0.2, 0.25) is 5.91 Å². The van der Waals surface area contributed by atoms with Gasteiger partial charge in [-0.2, -0.15) is 0 Å². The van der Waals surface area contributed by atoms with E-state index >= 15 is 0 Å². The highest BCUT2D eigenvalue weighted by Gasteiger charge is 2.14. The topological polar surface area (TPSA) is 38.3 Å². The summed E-state index contributed by atoms with van der Waals surface area (Å²) < 4.78 is 42.6. The van der Waals surface area contributed by atoms with Gasteiger partial charge in [-0.1, -0.05) is 0 Å². The highest BCUT2D eigenvalue weighted by molar-refractivity contribution is 5.91. The summed E-state index contributed by atoms with van der Waals surface area (Å²) in [6.07, 6.45) is 0. The molecule has 3 nitrogen and oxygen atoms in total. The average molecular weight is 219 g/mol. The fourth-order valence-corrected chi connectivity index (χ4v) is 0.940. The van der Waals surface area contributed by atoms with Crippen LogP contribution in [0.25, 0.3) is 0 Å². The Balaban J connectivity index is 2.87. The van der Waals surface area contributed by atoms with E-state index in [9.17, 15) is 18.0 Å². The Bertz CT molecular complexity index is 382. The summed E-state index contributed by atoms with van der Waals surface area (Å²) in [7, 11) is 1.28. The molecule has 0 saturated carbocycles. The molecule has 0 aliphatic carbocycles. The van der Waals surface area contributed by atoms with Crippen LogP contribution < -0.4 is 5.32 Å². The van der Waals surface area contributed by atoms with Crippen molar-refractivity contribution in [1.82, 2.24) is 0 Å². The van der Waals surface area contributed by atoms with Gasteiger partial charge in [0.1, 0.15) is 6.61 Å². The van der Waals surface area contributed by atoms with Crippen molar-refractivity contribution >= 4 is 11.6 Å². The summed E-state index contributed by atoms with van der Waals surface area (Å²) in [5.41, 5.74) is -0.420. The molecule has 15 heavy (non-hydrogen) atoms. The summed E-state index contributed by atoms with van der Waals surface area (Å²) in [6.45, 7) is -0.293. The SMILES string of the molecule is COCC(=O)Nc1ccc(F)c(F)c1F. The maximum Gasteiger partial charge on any atom is 0.250 e. The number of amides is 1. The summed E-state index contributed by atoms with van der Waals surface area (Å²) in [4.78, 5) is 10.9. The third-order valence-corrected chi connectivity index (χ3v) is 1.58. The van der Waals surface area contributed by atoms with Gasteiger partial charge in [0, 0.05) is 7.11 Å². The number of nitrogens with one attached hydrogen (secondary N) is 1. The molecule has 6 heteroatoms. The van der Waals surface area contributed by atoms with Crippen molar-refractivity contribution in [2.24, 2.45) is 0 Å². The van der Waals surface area contributed by atoms with Crippen molar-refractivity contribution in [2.75, 3.05) is 19.0 Å². The van der Waals surface area contributed by atoms with E-state index in [1.54, 1.807) is 0 Å². The maximum atomic E-state index is 13.0. The fraction of sp³-hybridized carbons (Fsp3) is 0.222. The molecule has 0 aliphatic heterocycles. The Morgan fingerprint density at radius 3 is 2.60 bits per heavy atom. The van der Waals surface area contributed by atoms with E-state index in [0.717, 1.165) is 12.1 Å². The van der Waals surface area contributed by atoms with Crippen LogP contribution in [0.1, 0.15) is 0 Å². The number of halogens is 3. The molecule has 0 radical (unpaired) electrons. The Kier molecular flexibility index (Phi) is 3.68. The van der Waals surface area contributed by atoms with Gasteiger partial charge >= 0.3 is 0 Å². The van der Waals surface area contributed by atoms with Crippen molar-refractivity contribution in [2.45, 2.75) is 0 Å².